The molecule has 13 heavy (non-hydrogen) atoms. The summed E-state index contributed by atoms with van der Waals surface area (Å²) in [6.45, 7) is 6.44. The van der Waals surface area contributed by atoms with Crippen LogP contribution >= 0.6 is 17.5 Å². The second-order valence-electron chi connectivity index (χ2n) is 4.22. The predicted octanol–water partition coefficient (Wildman–Crippen LogP) is 3.71. The monoisotopic (exact) mass is 214 g/mol. The molecule has 0 aliphatic carbocycles. The quantitative estimate of drug-likeness (QED) is 0.626. The highest BCUT2D eigenvalue weighted by molar-refractivity contribution is 8.03. The van der Waals surface area contributed by atoms with Crippen LogP contribution in [0.2, 0.25) is 0 Å². The van der Waals surface area contributed by atoms with Crippen LogP contribution in [0.3, 0.4) is 0 Å². The van der Waals surface area contributed by atoms with Gasteiger partial charge in [-0.1, -0.05) is 68.6 Å². The minimum atomic E-state index is -1.76. The first-order valence-electron chi connectivity index (χ1n) is 4.34. The summed E-state index contributed by atoms with van der Waals surface area (Å²) >= 11 is 6.54. The zero-order chi connectivity index (χ0) is 10.1. The van der Waals surface area contributed by atoms with Crippen molar-refractivity contribution in [3.05, 3.63) is 30.3 Å². The number of benzene rings is 1. The molecule has 2 heteroatoms. The molecule has 0 aliphatic heterocycles. The lowest BCUT2D eigenvalue weighted by molar-refractivity contribution is 0.794. The van der Waals surface area contributed by atoms with Gasteiger partial charge in [-0.25, -0.2) is 0 Å². The van der Waals surface area contributed by atoms with Crippen molar-refractivity contribution in [1.82, 2.24) is 0 Å². The minimum Gasteiger partial charge on any atom is -0.0928 e. The molecule has 0 radical (unpaired) electrons. The third kappa shape index (κ3) is 2.18. The molecular weight excluding hydrogens is 199 g/mol. The van der Waals surface area contributed by atoms with Crippen LogP contribution in [-0.4, -0.2) is 11.5 Å². The maximum Gasteiger partial charge on any atom is 0.00461 e. The van der Waals surface area contributed by atoms with Crippen LogP contribution in [0.1, 0.15) is 20.8 Å². The number of hydrogen-bond acceptors (Lipinski definition) is 0. The topological polar surface area (TPSA) is 0 Å². The zero-order valence-electron chi connectivity index (χ0n) is 8.42. The predicted molar refractivity (Wildman–Crippen MR) is 65.7 cm³/mol. The Morgan fingerprint density at radius 3 is 2.00 bits per heavy atom. The normalized spacial score (nSPS) is 16.6. The molecular formula is C11H16ClP. The van der Waals surface area contributed by atoms with E-state index in [4.69, 9.17) is 11.2 Å². The van der Waals surface area contributed by atoms with Crippen molar-refractivity contribution in [2.45, 2.75) is 25.9 Å². The molecule has 1 rings (SSSR count). The van der Waals surface area contributed by atoms with Crippen molar-refractivity contribution >= 4 is 29.1 Å². The lowest BCUT2D eigenvalue weighted by atomic mass is 10.3. The maximum atomic E-state index is 6.54. The minimum absolute atomic E-state index is 0.0654. The van der Waals surface area contributed by atoms with Gasteiger partial charge in [0.2, 0.25) is 0 Å². The number of halogens is 1. The molecule has 0 N–H and O–H groups in total. The van der Waals surface area contributed by atoms with Gasteiger partial charge < -0.3 is 0 Å². The Balaban J connectivity index is 3.17. The SMILES string of the molecule is C=P(Cl)(c1ccccc1)C(C)(C)C. The van der Waals surface area contributed by atoms with Crippen molar-refractivity contribution < 1.29 is 0 Å². The third-order valence-electron chi connectivity index (χ3n) is 2.23. The summed E-state index contributed by atoms with van der Waals surface area (Å²) in [4.78, 5) is 0. The van der Waals surface area contributed by atoms with Crippen LogP contribution < -0.4 is 5.30 Å². The Morgan fingerprint density at radius 1 is 1.15 bits per heavy atom. The summed E-state index contributed by atoms with van der Waals surface area (Å²) in [6.07, 6.45) is 2.43. The van der Waals surface area contributed by atoms with Crippen molar-refractivity contribution in [2.75, 3.05) is 0 Å². The van der Waals surface area contributed by atoms with Crippen LogP contribution in [0.5, 0.6) is 0 Å². The van der Waals surface area contributed by atoms with E-state index in [-0.39, 0.29) is 5.16 Å². The Hall–Kier alpha value is -0.190. The highest BCUT2D eigenvalue weighted by Gasteiger charge is 2.28. The van der Waals surface area contributed by atoms with Gasteiger partial charge >= 0.3 is 0 Å². The van der Waals surface area contributed by atoms with Crippen LogP contribution in [0.4, 0.5) is 0 Å². The highest BCUT2D eigenvalue weighted by atomic mass is 35.7. The van der Waals surface area contributed by atoms with Gasteiger partial charge in [-0.3, -0.25) is 0 Å². The van der Waals surface area contributed by atoms with Gasteiger partial charge in [0.1, 0.15) is 0 Å². The van der Waals surface area contributed by atoms with E-state index in [1.165, 1.54) is 5.30 Å². The molecule has 0 aromatic heterocycles. The van der Waals surface area contributed by atoms with E-state index < -0.39 is 6.24 Å². The first-order valence-corrected chi connectivity index (χ1v) is 7.22. The van der Waals surface area contributed by atoms with Crippen LogP contribution in [0.15, 0.2) is 30.3 Å². The van der Waals surface area contributed by atoms with E-state index in [1.807, 2.05) is 18.2 Å². The van der Waals surface area contributed by atoms with Gasteiger partial charge in [0.05, 0.1) is 0 Å². The lowest BCUT2D eigenvalue weighted by Gasteiger charge is -2.31. The fraction of sp³-hybridized carbons (Fsp3) is 0.364. The Bertz CT molecular complexity index is 322. The Kier molecular flexibility index (Phi) is 2.95. The van der Waals surface area contributed by atoms with Crippen LogP contribution in [0.25, 0.3) is 0 Å². The van der Waals surface area contributed by atoms with E-state index in [0.29, 0.717) is 0 Å². The first-order chi connectivity index (χ1) is 5.86. The molecule has 0 nitrogen and oxygen atoms in total. The maximum absolute atomic E-state index is 6.54. The fourth-order valence-corrected chi connectivity index (χ4v) is 2.81. The van der Waals surface area contributed by atoms with Crippen molar-refractivity contribution in [2.24, 2.45) is 0 Å². The fourth-order valence-electron chi connectivity index (χ4n) is 1.05. The molecule has 0 bridgehead atoms. The summed E-state index contributed by atoms with van der Waals surface area (Å²) in [5, 5.41) is 1.25. The number of hydrogen-bond donors (Lipinski definition) is 0. The molecule has 0 saturated carbocycles. The van der Waals surface area contributed by atoms with E-state index in [0.717, 1.165) is 0 Å². The second-order valence-corrected chi connectivity index (χ2v) is 9.25. The zero-order valence-corrected chi connectivity index (χ0v) is 10.1. The third-order valence-corrected chi connectivity index (χ3v) is 7.58. The van der Waals surface area contributed by atoms with E-state index >= 15 is 0 Å². The molecule has 0 fully saturated rings. The van der Waals surface area contributed by atoms with E-state index in [2.05, 4.69) is 39.2 Å². The van der Waals surface area contributed by atoms with Gasteiger partial charge in [-0.05, 0) is 10.5 Å². The van der Waals surface area contributed by atoms with Gasteiger partial charge in [0.15, 0.2) is 0 Å². The van der Waals surface area contributed by atoms with Crippen molar-refractivity contribution in [3.8, 4) is 0 Å². The largest absolute Gasteiger partial charge is 0.0928 e. The molecule has 0 heterocycles. The average molecular weight is 215 g/mol. The second kappa shape index (κ2) is 3.52. The van der Waals surface area contributed by atoms with E-state index in [1.54, 1.807) is 0 Å². The smallest absolute Gasteiger partial charge is 0.00461 e. The standard InChI is InChI=1S/C11H16ClP/c1-11(2,3)13(4,12)10-8-6-5-7-9-10/h5-9H,4H2,1-3H3. The highest BCUT2D eigenvalue weighted by Crippen LogP contribution is 2.60. The molecule has 1 aromatic rings. The van der Waals surface area contributed by atoms with Gasteiger partial charge in [0.25, 0.3) is 0 Å². The summed E-state index contributed by atoms with van der Waals surface area (Å²) in [7, 11) is 0. The molecule has 0 spiro atoms. The average Bonchev–Trinajstić information content (AvgIpc) is 2.04. The molecule has 1 unspecified atom stereocenters. The first kappa shape index (κ1) is 10.9. The summed E-state index contributed by atoms with van der Waals surface area (Å²) in [6, 6.07) is 10.2. The lowest BCUT2D eigenvalue weighted by Crippen LogP contribution is -2.19. The molecule has 0 amide bonds. The van der Waals surface area contributed by atoms with Gasteiger partial charge in [0, 0.05) is 6.24 Å². The molecule has 0 aliphatic rings. The molecule has 1 aromatic carbocycles. The van der Waals surface area contributed by atoms with Gasteiger partial charge in [-0.2, -0.15) is 0 Å². The molecule has 0 saturated heterocycles. The number of rotatable bonds is 1. The van der Waals surface area contributed by atoms with E-state index in [9.17, 15) is 0 Å². The Labute approximate surface area is 85.7 Å². The molecule has 72 valence electrons. The summed E-state index contributed by atoms with van der Waals surface area (Å²) in [5.74, 6) is 0. The molecule has 1 atom stereocenters. The Morgan fingerprint density at radius 2 is 1.62 bits per heavy atom. The van der Waals surface area contributed by atoms with Gasteiger partial charge in [-0.15, -0.1) is 0 Å². The van der Waals surface area contributed by atoms with Crippen molar-refractivity contribution in [3.63, 3.8) is 0 Å². The summed E-state index contributed by atoms with van der Waals surface area (Å²) in [5.41, 5.74) is 0. The van der Waals surface area contributed by atoms with Crippen LogP contribution in [-0.2, 0) is 0 Å². The van der Waals surface area contributed by atoms with Crippen LogP contribution in [0, 0.1) is 0 Å². The summed E-state index contributed by atoms with van der Waals surface area (Å²) < 4.78 is 0. The van der Waals surface area contributed by atoms with Crippen molar-refractivity contribution in [1.29, 1.82) is 0 Å².